The Balaban J connectivity index is 0.000000208. The Labute approximate surface area is 320 Å². The fourth-order valence-electron chi connectivity index (χ4n) is 7.17. The minimum Gasteiger partial charge on any atom is -0.310 e. The van der Waals surface area contributed by atoms with E-state index in [-0.39, 0.29) is 0 Å². The molecule has 0 heterocycles. The van der Waals surface area contributed by atoms with Gasteiger partial charge in [-0.3, -0.25) is 0 Å². The summed E-state index contributed by atoms with van der Waals surface area (Å²) in [6, 6.07) is 71.8. The van der Waals surface area contributed by atoms with Gasteiger partial charge in [0.15, 0.2) is 0 Å². The number of fused-ring (bicyclic) bond motifs is 4. The highest BCUT2D eigenvalue weighted by molar-refractivity contribution is 6.09. The van der Waals surface area contributed by atoms with E-state index in [1.54, 1.807) is 0 Å². The molecule has 0 N–H and O–H groups in total. The van der Waals surface area contributed by atoms with Gasteiger partial charge in [0.25, 0.3) is 0 Å². The minimum atomic E-state index is 1.09. The van der Waals surface area contributed by atoms with E-state index >= 15 is 0 Å². The monoisotopic (exact) mass is 697 g/mol. The van der Waals surface area contributed by atoms with Gasteiger partial charge in [0.05, 0.1) is 0 Å². The summed E-state index contributed by atoms with van der Waals surface area (Å²) in [5.41, 5.74) is 11.0. The van der Waals surface area contributed by atoms with Crippen LogP contribution in [0.5, 0.6) is 0 Å². The van der Waals surface area contributed by atoms with Crippen LogP contribution in [0.25, 0.3) is 54.6 Å². The molecule has 0 aliphatic carbocycles. The molecule has 0 bridgehead atoms. The van der Waals surface area contributed by atoms with Crippen molar-refractivity contribution in [3.8, 4) is 22.3 Å². The Bertz CT molecular complexity index is 2580. The lowest BCUT2D eigenvalue weighted by Gasteiger charge is -2.26. The van der Waals surface area contributed by atoms with Crippen molar-refractivity contribution >= 4 is 49.4 Å². The number of rotatable bonds is 6. The second-order valence-electron chi connectivity index (χ2n) is 13.3. The van der Waals surface area contributed by atoms with Crippen molar-refractivity contribution in [2.75, 3.05) is 4.90 Å². The van der Waals surface area contributed by atoms with Gasteiger partial charge in [-0.25, -0.2) is 0 Å². The van der Waals surface area contributed by atoms with Gasteiger partial charge in [-0.1, -0.05) is 190 Å². The fraction of sp³-hybridized carbons (Fsp3) is 0.0943. The number of benzene rings is 9. The Kier molecular flexibility index (Phi) is 11.3. The lowest BCUT2D eigenvalue weighted by atomic mass is 9.96. The summed E-state index contributed by atoms with van der Waals surface area (Å²) >= 11 is 0. The molecule has 0 radical (unpaired) electrons. The van der Waals surface area contributed by atoms with Crippen molar-refractivity contribution in [3.05, 3.63) is 211 Å². The van der Waals surface area contributed by atoms with Gasteiger partial charge in [-0.2, -0.15) is 0 Å². The summed E-state index contributed by atoms with van der Waals surface area (Å²) in [5.74, 6) is 0. The van der Waals surface area contributed by atoms with Gasteiger partial charge in [0.1, 0.15) is 0 Å². The zero-order valence-corrected chi connectivity index (χ0v) is 31.7. The molecule has 0 saturated carbocycles. The Hall–Kier alpha value is -6.44. The third kappa shape index (κ3) is 7.82. The third-order valence-electron chi connectivity index (χ3n) is 9.97. The first kappa shape index (κ1) is 35.9. The highest BCUT2D eigenvalue weighted by Crippen LogP contribution is 2.38. The van der Waals surface area contributed by atoms with Crippen molar-refractivity contribution in [2.24, 2.45) is 0 Å². The van der Waals surface area contributed by atoms with Gasteiger partial charge in [-0.05, 0) is 110 Å². The first-order valence-electron chi connectivity index (χ1n) is 19.2. The van der Waals surface area contributed by atoms with Gasteiger partial charge < -0.3 is 4.90 Å². The molecule has 1 heteroatoms. The maximum atomic E-state index is 2.33. The number of nitrogens with zero attached hydrogens (tertiary/aromatic N) is 1. The Morgan fingerprint density at radius 1 is 0.352 bits per heavy atom. The lowest BCUT2D eigenvalue weighted by molar-refractivity contribution is 1.16. The van der Waals surface area contributed by atoms with Gasteiger partial charge in [0, 0.05) is 17.1 Å². The Morgan fingerprint density at radius 3 is 1.39 bits per heavy atom. The fourth-order valence-corrected chi connectivity index (χ4v) is 7.17. The van der Waals surface area contributed by atoms with Crippen molar-refractivity contribution < 1.29 is 0 Å². The van der Waals surface area contributed by atoms with Gasteiger partial charge in [0.2, 0.25) is 0 Å². The highest BCUT2D eigenvalue weighted by atomic mass is 15.1. The Morgan fingerprint density at radius 2 is 0.796 bits per heavy atom. The molecule has 1 nitrogen and oxygen atoms in total. The van der Waals surface area contributed by atoms with Crippen LogP contribution in [0.1, 0.15) is 31.9 Å². The van der Waals surface area contributed by atoms with Crippen molar-refractivity contribution in [1.82, 2.24) is 0 Å². The third-order valence-corrected chi connectivity index (χ3v) is 9.97. The molecule has 0 spiro atoms. The number of hydrogen-bond acceptors (Lipinski definition) is 1. The molecule has 264 valence electrons. The van der Waals surface area contributed by atoms with E-state index in [9.17, 15) is 0 Å². The lowest BCUT2D eigenvalue weighted by Crippen LogP contribution is -2.09. The predicted octanol–water partition coefficient (Wildman–Crippen LogP) is 15.5. The quantitative estimate of drug-likeness (QED) is 0.156. The van der Waals surface area contributed by atoms with Crippen LogP contribution in [-0.4, -0.2) is 0 Å². The van der Waals surface area contributed by atoms with Crippen LogP contribution < -0.4 is 4.90 Å². The number of aryl methyl sites for hydroxylation is 2. The minimum absolute atomic E-state index is 1.09. The molecular weight excluding hydrogens is 651 g/mol. The van der Waals surface area contributed by atoms with E-state index in [1.165, 1.54) is 65.7 Å². The normalized spacial score (nSPS) is 10.7. The SMILES string of the molecule is CC.CCc1cc2ccccc2c2ccccc12.Cc1ccc(-c2ccc(N(c3ccc(-c4ccccc4)cc3)c3ccc4ccccc4c3)cc2)cc1. The highest BCUT2D eigenvalue weighted by Gasteiger charge is 2.14. The maximum absolute atomic E-state index is 2.33. The van der Waals surface area contributed by atoms with E-state index in [0.717, 1.165) is 23.5 Å². The molecule has 0 atom stereocenters. The summed E-state index contributed by atoms with van der Waals surface area (Å²) in [6.07, 6.45) is 1.09. The van der Waals surface area contributed by atoms with Crippen LogP contribution in [0, 0.1) is 6.92 Å². The first-order valence-corrected chi connectivity index (χ1v) is 19.2. The van der Waals surface area contributed by atoms with Crippen LogP contribution in [0.3, 0.4) is 0 Å². The number of anilines is 3. The summed E-state index contributed by atoms with van der Waals surface area (Å²) in [6.45, 7) is 8.34. The molecule has 0 aromatic heterocycles. The standard InChI is InChI=1S/C35H27N.C16H14.C2H6/c1-26-11-13-29(14-12-26)31-17-22-34(23-18-31)36(35-24-19-28-9-5-6-10-32(28)25-35)33-20-15-30(16-21-33)27-7-3-2-4-8-27;1-2-12-11-13-7-3-4-9-15(13)16-10-6-5-8-14(12)16;1-2/h2-25H,1H3;3-11H,2H2,1H3;1-2H3. The van der Waals surface area contributed by atoms with Crippen molar-refractivity contribution in [2.45, 2.75) is 34.1 Å². The van der Waals surface area contributed by atoms with Crippen LogP contribution in [-0.2, 0) is 6.42 Å². The molecule has 9 aromatic rings. The smallest absolute Gasteiger partial charge is 0.0468 e. The summed E-state index contributed by atoms with van der Waals surface area (Å²) in [5, 5.41) is 7.95. The molecule has 9 aromatic carbocycles. The van der Waals surface area contributed by atoms with Crippen LogP contribution in [0.15, 0.2) is 200 Å². The average Bonchev–Trinajstić information content (AvgIpc) is 3.25. The van der Waals surface area contributed by atoms with E-state index in [4.69, 9.17) is 0 Å². The summed E-state index contributed by atoms with van der Waals surface area (Å²) in [4.78, 5) is 2.33. The van der Waals surface area contributed by atoms with Crippen LogP contribution >= 0.6 is 0 Å². The summed E-state index contributed by atoms with van der Waals surface area (Å²) in [7, 11) is 0. The molecule has 0 fully saturated rings. The molecule has 0 aliphatic rings. The molecular formula is C53H47N. The maximum Gasteiger partial charge on any atom is 0.0468 e. The molecule has 0 saturated heterocycles. The molecule has 9 rings (SSSR count). The molecule has 0 unspecified atom stereocenters. The summed E-state index contributed by atoms with van der Waals surface area (Å²) < 4.78 is 0. The van der Waals surface area contributed by atoms with Gasteiger partial charge >= 0.3 is 0 Å². The van der Waals surface area contributed by atoms with Crippen LogP contribution in [0.2, 0.25) is 0 Å². The predicted molar refractivity (Wildman–Crippen MR) is 236 cm³/mol. The molecule has 0 aliphatic heterocycles. The van der Waals surface area contributed by atoms with Gasteiger partial charge in [-0.15, -0.1) is 0 Å². The first-order chi connectivity index (χ1) is 26.6. The van der Waals surface area contributed by atoms with E-state index < -0.39 is 0 Å². The second kappa shape index (κ2) is 16.9. The van der Waals surface area contributed by atoms with E-state index in [1.807, 2.05) is 13.8 Å². The second-order valence-corrected chi connectivity index (χ2v) is 13.3. The van der Waals surface area contributed by atoms with E-state index in [0.29, 0.717) is 0 Å². The zero-order valence-electron chi connectivity index (χ0n) is 31.7. The largest absolute Gasteiger partial charge is 0.310 e. The molecule has 54 heavy (non-hydrogen) atoms. The zero-order chi connectivity index (χ0) is 37.3. The average molecular weight is 698 g/mol. The number of hydrogen-bond donors (Lipinski definition) is 0. The van der Waals surface area contributed by atoms with Crippen LogP contribution in [0.4, 0.5) is 17.1 Å². The topological polar surface area (TPSA) is 3.24 Å². The van der Waals surface area contributed by atoms with Crippen molar-refractivity contribution in [3.63, 3.8) is 0 Å². The van der Waals surface area contributed by atoms with Crippen molar-refractivity contribution in [1.29, 1.82) is 0 Å². The molecule has 0 amide bonds. The van der Waals surface area contributed by atoms with E-state index in [2.05, 4.69) is 219 Å².